The first kappa shape index (κ1) is 13.2. The molecular formula is C13H17NO3. The topological polar surface area (TPSA) is 57.6 Å². The van der Waals surface area contributed by atoms with E-state index in [1.807, 2.05) is 30.3 Å². The summed E-state index contributed by atoms with van der Waals surface area (Å²) in [5.41, 5.74) is 1.07. The van der Waals surface area contributed by atoms with Crippen molar-refractivity contribution in [2.75, 3.05) is 7.05 Å². The van der Waals surface area contributed by atoms with E-state index in [0.29, 0.717) is 13.0 Å². The molecule has 1 N–H and O–H groups in total. The monoisotopic (exact) mass is 235 g/mol. The minimum absolute atomic E-state index is 0.0184. The van der Waals surface area contributed by atoms with Crippen LogP contribution < -0.4 is 0 Å². The van der Waals surface area contributed by atoms with Crippen molar-refractivity contribution in [2.45, 2.75) is 25.8 Å². The molecule has 0 saturated heterocycles. The van der Waals surface area contributed by atoms with Crippen LogP contribution in [-0.4, -0.2) is 28.9 Å². The molecule has 0 heterocycles. The number of hydrogen-bond donors (Lipinski definition) is 1. The highest BCUT2D eigenvalue weighted by atomic mass is 16.4. The highest BCUT2D eigenvalue weighted by Gasteiger charge is 2.09. The quantitative estimate of drug-likeness (QED) is 0.819. The maximum atomic E-state index is 11.7. The summed E-state index contributed by atoms with van der Waals surface area (Å²) in [7, 11) is 1.73. The fourth-order valence-electron chi connectivity index (χ4n) is 1.53. The Hall–Kier alpha value is -1.84. The molecule has 1 rings (SSSR count). The Kier molecular flexibility index (Phi) is 5.20. The number of aliphatic carboxylic acids is 1. The number of carboxylic acids is 1. The Morgan fingerprint density at radius 1 is 1.18 bits per heavy atom. The summed E-state index contributed by atoms with van der Waals surface area (Å²) in [6, 6.07) is 9.70. The van der Waals surface area contributed by atoms with Crippen molar-refractivity contribution in [1.29, 1.82) is 0 Å². The second-order valence-electron chi connectivity index (χ2n) is 3.98. The van der Waals surface area contributed by atoms with E-state index in [0.717, 1.165) is 5.56 Å². The predicted molar refractivity (Wildman–Crippen MR) is 64.4 cm³/mol. The molecule has 1 aromatic rings. The van der Waals surface area contributed by atoms with Gasteiger partial charge in [0.25, 0.3) is 0 Å². The Bertz CT molecular complexity index is 376. The lowest BCUT2D eigenvalue weighted by molar-refractivity contribution is -0.137. The average molecular weight is 235 g/mol. The van der Waals surface area contributed by atoms with Gasteiger partial charge in [0.15, 0.2) is 0 Å². The Morgan fingerprint density at radius 3 is 2.41 bits per heavy atom. The van der Waals surface area contributed by atoms with E-state index in [2.05, 4.69) is 0 Å². The van der Waals surface area contributed by atoms with Crippen LogP contribution >= 0.6 is 0 Å². The molecule has 17 heavy (non-hydrogen) atoms. The van der Waals surface area contributed by atoms with E-state index in [1.165, 1.54) is 0 Å². The summed E-state index contributed by atoms with van der Waals surface area (Å²) in [6.45, 7) is 0.562. The van der Waals surface area contributed by atoms with Gasteiger partial charge in [-0.05, 0) is 12.0 Å². The van der Waals surface area contributed by atoms with E-state index >= 15 is 0 Å². The van der Waals surface area contributed by atoms with Crippen LogP contribution in [0.15, 0.2) is 30.3 Å². The van der Waals surface area contributed by atoms with Crippen LogP contribution in [0.25, 0.3) is 0 Å². The molecule has 0 unspecified atom stereocenters. The smallest absolute Gasteiger partial charge is 0.303 e. The molecule has 1 aromatic carbocycles. The number of amides is 1. The number of rotatable bonds is 6. The van der Waals surface area contributed by atoms with Crippen LogP contribution in [0, 0.1) is 0 Å². The van der Waals surface area contributed by atoms with Crippen LogP contribution in [0.2, 0.25) is 0 Å². The third kappa shape index (κ3) is 5.15. The van der Waals surface area contributed by atoms with Crippen LogP contribution in [-0.2, 0) is 16.1 Å². The zero-order valence-electron chi connectivity index (χ0n) is 9.93. The number of carboxylic acid groups (broad SMARTS) is 1. The lowest BCUT2D eigenvalue weighted by Gasteiger charge is -2.16. The van der Waals surface area contributed by atoms with Gasteiger partial charge in [0.2, 0.25) is 5.91 Å². The molecule has 92 valence electrons. The highest BCUT2D eigenvalue weighted by molar-refractivity contribution is 5.76. The van der Waals surface area contributed by atoms with E-state index < -0.39 is 5.97 Å². The predicted octanol–water partition coefficient (Wildman–Crippen LogP) is 1.90. The minimum atomic E-state index is -0.858. The van der Waals surface area contributed by atoms with Gasteiger partial charge in [-0.15, -0.1) is 0 Å². The molecule has 0 spiro atoms. The van der Waals surface area contributed by atoms with Crippen LogP contribution in [0.4, 0.5) is 0 Å². The molecule has 0 radical (unpaired) electrons. The van der Waals surface area contributed by atoms with Crippen molar-refractivity contribution >= 4 is 11.9 Å². The molecule has 0 aliphatic heterocycles. The largest absolute Gasteiger partial charge is 0.481 e. The molecule has 0 atom stereocenters. The molecule has 0 saturated carbocycles. The zero-order chi connectivity index (χ0) is 12.7. The Labute approximate surface area is 101 Å². The van der Waals surface area contributed by atoms with E-state index in [9.17, 15) is 9.59 Å². The van der Waals surface area contributed by atoms with E-state index in [-0.39, 0.29) is 18.7 Å². The Balaban J connectivity index is 2.34. The molecule has 0 bridgehead atoms. The summed E-state index contributed by atoms with van der Waals surface area (Å²) < 4.78 is 0. The van der Waals surface area contributed by atoms with Crippen LogP contribution in [0.3, 0.4) is 0 Å². The van der Waals surface area contributed by atoms with E-state index in [4.69, 9.17) is 5.11 Å². The molecule has 1 amide bonds. The number of hydrogen-bond acceptors (Lipinski definition) is 2. The maximum Gasteiger partial charge on any atom is 0.303 e. The zero-order valence-corrected chi connectivity index (χ0v) is 9.93. The maximum absolute atomic E-state index is 11.7. The van der Waals surface area contributed by atoms with Gasteiger partial charge in [0.1, 0.15) is 0 Å². The summed E-state index contributed by atoms with van der Waals surface area (Å²) >= 11 is 0. The lowest BCUT2D eigenvalue weighted by Crippen LogP contribution is -2.25. The van der Waals surface area contributed by atoms with Gasteiger partial charge in [-0.3, -0.25) is 9.59 Å². The third-order valence-electron chi connectivity index (χ3n) is 2.47. The first-order valence-corrected chi connectivity index (χ1v) is 5.59. The Morgan fingerprint density at radius 2 is 1.82 bits per heavy atom. The number of nitrogens with zero attached hydrogens (tertiary/aromatic N) is 1. The van der Waals surface area contributed by atoms with Gasteiger partial charge in [0.05, 0.1) is 0 Å². The van der Waals surface area contributed by atoms with Crippen molar-refractivity contribution < 1.29 is 14.7 Å². The molecule has 4 heteroatoms. The van der Waals surface area contributed by atoms with Gasteiger partial charge in [-0.1, -0.05) is 30.3 Å². The van der Waals surface area contributed by atoms with Crippen molar-refractivity contribution in [3.8, 4) is 0 Å². The van der Waals surface area contributed by atoms with Gasteiger partial charge >= 0.3 is 5.97 Å². The van der Waals surface area contributed by atoms with E-state index in [1.54, 1.807) is 11.9 Å². The number of benzene rings is 1. The highest BCUT2D eigenvalue weighted by Crippen LogP contribution is 2.05. The van der Waals surface area contributed by atoms with Gasteiger partial charge < -0.3 is 10.0 Å². The molecule has 0 aliphatic rings. The first-order chi connectivity index (χ1) is 8.09. The standard InChI is InChI=1S/C13H17NO3/c1-14(10-11-6-3-2-4-7-11)12(15)8-5-9-13(16)17/h2-4,6-7H,5,8-10H2,1H3,(H,16,17). The van der Waals surface area contributed by atoms with Gasteiger partial charge in [-0.2, -0.15) is 0 Å². The van der Waals surface area contributed by atoms with Crippen LogP contribution in [0.5, 0.6) is 0 Å². The summed E-state index contributed by atoms with van der Waals surface area (Å²) in [4.78, 5) is 23.6. The lowest BCUT2D eigenvalue weighted by atomic mass is 10.2. The third-order valence-corrected chi connectivity index (χ3v) is 2.47. The van der Waals surface area contributed by atoms with Gasteiger partial charge in [0, 0.05) is 26.4 Å². The SMILES string of the molecule is CN(Cc1ccccc1)C(=O)CCCC(=O)O. The number of carbonyl (C=O) groups is 2. The molecule has 0 aromatic heterocycles. The fraction of sp³-hybridized carbons (Fsp3) is 0.385. The summed E-state index contributed by atoms with van der Waals surface area (Å²) in [5.74, 6) is -0.876. The normalized spacial score (nSPS) is 9.94. The first-order valence-electron chi connectivity index (χ1n) is 5.59. The number of carbonyl (C=O) groups excluding carboxylic acids is 1. The fourth-order valence-corrected chi connectivity index (χ4v) is 1.53. The van der Waals surface area contributed by atoms with Crippen molar-refractivity contribution in [2.24, 2.45) is 0 Å². The molecule has 0 fully saturated rings. The van der Waals surface area contributed by atoms with Gasteiger partial charge in [-0.25, -0.2) is 0 Å². The molecular weight excluding hydrogens is 218 g/mol. The summed E-state index contributed by atoms with van der Waals surface area (Å²) in [6.07, 6.45) is 0.730. The summed E-state index contributed by atoms with van der Waals surface area (Å²) in [5, 5.41) is 8.48. The van der Waals surface area contributed by atoms with Crippen LogP contribution in [0.1, 0.15) is 24.8 Å². The van der Waals surface area contributed by atoms with Crippen molar-refractivity contribution in [3.05, 3.63) is 35.9 Å². The second-order valence-corrected chi connectivity index (χ2v) is 3.98. The minimum Gasteiger partial charge on any atom is -0.481 e. The molecule has 0 aliphatic carbocycles. The van der Waals surface area contributed by atoms with Crippen molar-refractivity contribution in [3.63, 3.8) is 0 Å². The molecule has 4 nitrogen and oxygen atoms in total. The second kappa shape index (κ2) is 6.68. The van der Waals surface area contributed by atoms with Crippen molar-refractivity contribution in [1.82, 2.24) is 4.90 Å². The average Bonchev–Trinajstić information content (AvgIpc) is 2.29.